The number of carbonyl (C=O) groups is 1. The van der Waals surface area contributed by atoms with E-state index in [1.807, 2.05) is 32.0 Å². The van der Waals surface area contributed by atoms with E-state index in [1.165, 1.54) is 15.6 Å². The van der Waals surface area contributed by atoms with Crippen molar-refractivity contribution in [2.45, 2.75) is 25.2 Å². The minimum atomic E-state index is -3.67. The summed E-state index contributed by atoms with van der Waals surface area (Å²) < 4.78 is 33.6. The molecule has 0 aliphatic carbocycles. The van der Waals surface area contributed by atoms with E-state index in [0.717, 1.165) is 22.1 Å². The SMILES string of the molecule is CCN(c1ccc2sc(C(=O)NCCCOC)cc2c1)S(=O)(=O)c1ccc(C)cc1. The highest BCUT2D eigenvalue weighted by molar-refractivity contribution is 7.92. The number of benzene rings is 2. The number of carbonyl (C=O) groups excluding carboxylic acids is 1. The Hall–Kier alpha value is -2.42. The average molecular weight is 447 g/mol. The molecule has 0 spiro atoms. The van der Waals surface area contributed by atoms with E-state index < -0.39 is 10.0 Å². The number of methoxy groups -OCH3 is 1. The van der Waals surface area contributed by atoms with Crippen LogP contribution in [0.25, 0.3) is 10.1 Å². The number of hydrogen-bond acceptors (Lipinski definition) is 5. The molecule has 0 aliphatic heterocycles. The first-order valence-corrected chi connectivity index (χ1v) is 12.0. The Morgan fingerprint density at radius 2 is 1.87 bits per heavy atom. The number of sulfonamides is 1. The minimum Gasteiger partial charge on any atom is -0.385 e. The van der Waals surface area contributed by atoms with E-state index in [9.17, 15) is 13.2 Å². The van der Waals surface area contributed by atoms with E-state index in [2.05, 4.69) is 5.32 Å². The van der Waals surface area contributed by atoms with Crippen LogP contribution in [0.4, 0.5) is 5.69 Å². The number of aryl methyl sites for hydroxylation is 1. The third kappa shape index (κ3) is 4.83. The summed E-state index contributed by atoms with van der Waals surface area (Å²) in [6.07, 6.45) is 0.750. The average Bonchev–Trinajstić information content (AvgIpc) is 3.15. The largest absolute Gasteiger partial charge is 0.385 e. The third-order valence-corrected chi connectivity index (χ3v) is 7.75. The highest BCUT2D eigenvalue weighted by Crippen LogP contribution is 2.31. The molecule has 1 aromatic heterocycles. The van der Waals surface area contributed by atoms with Gasteiger partial charge in [-0.05, 0) is 62.1 Å². The van der Waals surface area contributed by atoms with Crippen molar-refractivity contribution in [2.24, 2.45) is 0 Å². The maximum atomic E-state index is 13.2. The zero-order chi connectivity index (χ0) is 21.7. The molecule has 3 rings (SSSR count). The summed E-state index contributed by atoms with van der Waals surface area (Å²) >= 11 is 1.39. The molecule has 1 heterocycles. The van der Waals surface area contributed by atoms with Gasteiger partial charge in [-0.15, -0.1) is 11.3 Å². The smallest absolute Gasteiger partial charge is 0.264 e. The molecular weight excluding hydrogens is 420 g/mol. The molecule has 1 N–H and O–H groups in total. The van der Waals surface area contributed by atoms with Crippen LogP contribution in [-0.4, -0.2) is 41.1 Å². The number of thiophene rings is 1. The van der Waals surface area contributed by atoms with Crippen molar-refractivity contribution in [1.29, 1.82) is 0 Å². The van der Waals surface area contributed by atoms with Crippen LogP contribution in [0.2, 0.25) is 0 Å². The standard InChI is InChI=1S/C22H26N2O4S2/c1-4-24(30(26,27)19-9-6-16(2)7-10-19)18-8-11-20-17(14-18)15-21(29-20)22(25)23-12-5-13-28-3/h6-11,14-15H,4-5,12-13H2,1-3H3,(H,23,25). The normalized spacial score (nSPS) is 11.6. The summed E-state index contributed by atoms with van der Waals surface area (Å²) in [5.41, 5.74) is 1.58. The van der Waals surface area contributed by atoms with Crippen LogP contribution in [0.5, 0.6) is 0 Å². The first-order valence-electron chi connectivity index (χ1n) is 9.77. The summed E-state index contributed by atoms with van der Waals surface area (Å²) in [5.74, 6) is -0.131. The molecule has 0 atom stereocenters. The van der Waals surface area contributed by atoms with Gasteiger partial charge in [0.15, 0.2) is 0 Å². The molecule has 0 unspecified atom stereocenters. The fourth-order valence-corrected chi connectivity index (χ4v) is 5.56. The lowest BCUT2D eigenvalue weighted by atomic mass is 10.2. The van der Waals surface area contributed by atoms with Crippen LogP contribution >= 0.6 is 11.3 Å². The lowest BCUT2D eigenvalue weighted by Crippen LogP contribution is -2.30. The van der Waals surface area contributed by atoms with Gasteiger partial charge in [0.1, 0.15) is 0 Å². The second-order valence-electron chi connectivity index (χ2n) is 6.92. The van der Waals surface area contributed by atoms with Gasteiger partial charge in [-0.3, -0.25) is 9.10 Å². The van der Waals surface area contributed by atoms with Gasteiger partial charge < -0.3 is 10.1 Å². The maximum absolute atomic E-state index is 13.2. The summed E-state index contributed by atoms with van der Waals surface area (Å²) in [7, 11) is -2.04. The molecule has 0 aliphatic rings. The summed E-state index contributed by atoms with van der Waals surface area (Å²) in [6, 6.07) is 14.1. The molecule has 8 heteroatoms. The number of nitrogens with one attached hydrogen (secondary N) is 1. The first-order chi connectivity index (χ1) is 14.4. The number of anilines is 1. The maximum Gasteiger partial charge on any atom is 0.264 e. The monoisotopic (exact) mass is 446 g/mol. The summed E-state index contributed by atoms with van der Waals surface area (Å²) in [4.78, 5) is 13.2. The van der Waals surface area contributed by atoms with Crippen molar-refractivity contribution in [3.63, 3.8) is 0 Å². The lowest BCUT2D eigenvalue weighted by molar-refractivity contribution is 0.0952. The Balaban J connectivity index is 1.86. The van der Waals surface area contributed by atoms with Crippen LogP contribution in [0.1, 0.15) is 28.6 Å². The molecular formula is C22H26N2O4S2. The van der Waals surface area contributed by atoms with Crippen molar-refractivity contribution in [3.8, 4) is 0 Å². The van der Waals surface area contributed by atoms with Crippen LogP contribution in [0.3, 0.4) is 0 Å². The molecule has 3 aromatic rings. The van der Waals surface area contributed by atoms with Crippen LogP contribution in [0, 0.1) is 6.92 Å². The van der Waals surface area contributed by atoms with E-state index in [4.69, 9.17) is 4.74 Å². The molecule has 0 saturated heterocycles. The van der Waals surface area contributed by atoms with Crippen molar-refractivity contribution in [2.75, 3.05) is 31.1 Å². The lowest BCUT2D eigenvalue weighted by Gasteiger charge is -2.23. The highest BCUT2D eigenvalue weighted by atomic mass is 32.2. The molecule has 30 heavy (non-hydrogen) atoms. The molecule has 160 valence electrons. The molecule has 2 aromatic carbocycles. The van der Waals surface area contributed by atoms with Gasteiger partial charge in [0, 0.05) is 31.5 Å². The van der Waals surface area contributed by atoms with E-state index in [1.54, 1.807) is 37.4 Å². The summed E-state index contributed by atoms with van der Waals surface area (Å²) in [6.45, 7) is 5.17. The van der Waals surface area contributed by atoms with E-state index in [0.29, 0.717) is 30.3 Å². The number of fused-ring (bicyclic) bond motifs is 1. The number of amides is 1. The Morgan fingerprint density at radius 1 is 1.13 bits per heavy atom. The minimum absolute atomic E-state index is 0.131. The molecule has 0 fully saturated rings. The predicted molar refractivity (Wildman–Crippen MR) is 122 cm³/mol. The van der Waals surface area contributed by atoms with Gasteiger partial charge in [0.25, 0.3) is 15.9 Å². The molecule has 0 radical (unpaired) electrons. The van der Waals surface area contributed by atoms with Gasteiger partial charge in [-0.2, -0.15) is 0 Å². The van der Waals surface area contributed by atoms with E-state index >= 15 is 0 Å². The topological polar surface area (TPSA) is 75.7 Å². The van der Waals surface area contributed by atoms with Crippen LogP contribution in [-0.2, 0) is 14.8 Å². The van der Waals surface area contributed by atoms with Gasteiger partial charge in [0.05, 0.1) is 15.5 Å². The Bertz CT molecular complexity index is 1120. The van der Waals surface area contributed by atoms with Crippen LogP contribution in [0.15, 0.2) is 53.4 Å². The number of rotatable bonds is 9. The zero-order valence-corrected chi connectivity index (χ0v) is 19.0. The Kier molecular flexibility index (Phi) is 7.12. The second kappa shape index (κ2) is 9.59. The fourth-order valence-electron chi connectivity index (χ4n) is 3.13. The predicted octanol–water partition coefficient (Wildman–Crippen LogP) is 4.19. The number of nitrogens with zero attached hydrogens (tertiary/aromatic N) is 1. The van der Waals surface area contributed by atoms with Gasteiger partial charge in [-0.1, -0.05) is 17.7 Å². The zero-order valence-electron chi connectivity index (χ0n) is 17.3. The number of ether oxygens (including phenoxy) is 1. The highest BCUT2D eigenvalue weighted by Gasteiger charge is 2.24. The Morgan fingerprint density at radius 3 is 2.53 bits per heavy atom. The summed E-state index contributed by atoms with van der Waals surface area (Å²) in [5, 5.41) is 3.72. The Labute approximate surface area is 181 Å². The van der Waals surface area contributed by atoms with Crippen molar-refractivity contribution < 1.29 is 17.9 Å². The quantitative estimate of drug-likeness (QED) is 0.500. The van der Waals surface area contributed by atoms with Crippen molar-refractivity contribution in [3.05, 3.63) is 59.0 Å². The van der Waals surface area contributed by atoms with Crippen LogP contribution < -0.4 is 9.62 Å². The van der Waals surface area contributed by atoms with Gasteiger partial charge in [-0.25, -0.2) is 8.42 Å². The fraction of sp³-hybridized carbons (Fsp3) is 0.318. The van der Waals surface area contributed by atoms with Gasteiger partial charge in [0.2, 0.25) is 0 Å². The first kappa shape index (κ1) is 22.3. The van der Waals surface area contributed by atoms with Gasteiger partial charge >= 0.3 is 0 Å². The van der Waals surface area contributed by atoms with Crippen molar-refractivity contribution in [1.82, 2.24) is 5.32 Å². The molecule has 1 amide bonds. The van der Waals surface area contributed by atoms with E-state index in [-0.39, 0.29) is 10.8 Å². The molecule has 0 saturated carbocycles. The number of hydrogen-bond donors (Lipinski definition) is 1. The second-order valence-corrected chi connectivity index (χ2v) is 9.86. The molecule has 6 nitrogen and oxygen atoms in total. The third-order valence-electron chi connectivity index (χ3n) is 4.72. The molecule has 0 bridgehead atoms. The van der Waals surface area contributed by atoms with Crippen molar-refractivity contribution >= 4 is 43.0 Å².